The number of nitrogens with zero attached hydrogens (tertiary/aromatic N) is 1. The van der Waals surface area contributed by atoms with Gasteiger partial charge in [-0.2, -0.15) is 0 Å². The largest absolute Gasteiger partial charge is 0.508 e. The summed E-state index contributed by atoms with van der Waals surface area (Å²) in [5.74, 6) is -4.72. The molecule has 3 atom stereocenters. The molecule has 3 aliphatic carbocycles. The van der Waals surface area contributed by atoms with Crippen LogP contribution in [0.2, 0.25) is 0 Å². The second-order valence-electron chi connectivity index (χ2n) is 11.6. The molecular formula is C29H37N3O7. The zero-order valence-corrected chi connectivity index (χ0v) is 22.6. The highest BCUT2D eigenvalue weighted by Gasteiger charge is 2.60. The third-order valence-corrected chi connectivity index (χ3v) is 8.91. The monoisotopic (exact) mass is 539 g/mol. The first-order valence-corrected chi connectivity index (χ1v) is 13.6. The highest BCUT2D eigenvalue weighted by molar-refractivity contribution is 6.23. The van der Waals surface area contributed by atoms with E-state index in [1.54, 1.807) is 0 Å². The van der Waals surface area contributed by atoms with Crippen molar-refractivity contribution >= 4 is 28.8 Å². The van der Waals surface area contributed by atoms with Gasteiger partial charge in [0.25, 0.3) is 0 Å². The number of benzene rings is 1. The van der Waals surface area contributed by atoms with E-state index in [4.69, 9.17) is 0 Å². The van der Waals surface area contributed by atoms with Crippen molar-refractivity contribution in [3.63, 3.8) is 0 Å². The molecule has 0 unspecified atom stereocenters. The van der Waals surface area contributed by atoms with Gasteiger partial charge in [0, 0.05) is 49.8 Å². The number of nitrogens with one attached hydrogen (secondary N) is 2. The SMILES string of the molecule is CC(=O)C1=C(O)[C@@]2(O)C(=O)C3=C(O)c4c(O)c(CNCC5CCNCC5)cc(N(C)C)c4C[C@H]3C[C@H]2CC1=O. The molecule has 0 aromatic heterocycles. The molecule has 0 bridgehead atoms. The third-order valence-electron chi connectivity index (χ3n) is 8.91. The van der Waals surface area contributed by atoms with E-state index >= 15 is 0 Å². The van der Waals surface area contributed by atoms with Crippen LogP contribution in [-0.2, 0) is 27.3 Å². The number of aliphatic hydroxyl groups is 3. The lowest BCUT2D eigenvalue weighted by atomic mass is 9.59. The van der Waals surface area contributed by atoms with Crippen LogP contribution in [0.5, 0.6) is 5.75 Å². The second-order valence-corrected chi connectivity index (χ2v) is 11.6. The lowest BCUT2D eigenvalue weighted by Crippen LogP contribution is -2.57. The lowest BCUT2D eigenvalue weighted by molar-refractivity contribution is -0.147. The fraction of sp³-hybridized carbons (Fsp3) is 0.552. The quantitative estimate of drug-likeness (QED) is 0.294. The Morgan fingerprint density at radius 2 is 1.85 bits per heavy atom. The van der Waals surface area contributed by atoms with E-state index in [1.165, 1.54) is 0 Å². The average Bonchev–Trinajstić information content (AvgIpc) is 2.87. The molecule has 6 N–H and O–H groups in total. The van der Waals surface area contributed by atoms with Crippen LogP contribution >= 0.6 is 0 Å². The molecule has 4 aliphatic rings. The summed E-state index contributed by atoms with van der Waals surface area (Å²) in [6, 6.07) is 1.89. The van der Waals surface area contributed by atoms with Crippen molar-refractivity contribution in [1.29, 1.82) is 0 Å². The fourth-order valence-corrected chi connectivity index (χ4v) is 6.86. The molecule has 1 heterocycles. The summed E-state index contributed by atoms with van der Waals surface area (Å²) in [6.07, 6.45) is 2.34. The van der Waals surface area contributed by atoms with Crippen molar-refractivity contribution < 1.29 is 34.8 Å². The van der Waals surface area contributed by atoms with E-state index in [1.807, 2.05) is 25.1 Å². The normalized spacial score (nSPS) is 27.3. The predicted molar refractivity (Wildman–Crippen MR) is 145 cm³/mol. The number of fused-ring (bicyclic) bond motifs is 3. The van der Waals surface area contributed by atoms with Gasteiger partial charge in [-0.15, -0.1) is 0 Å². The average molecular weight is 540 g/mol. The molecule has 2 fully saturated rings. The Morgan fingerprint density at radius 1 is 1.15 bits per heavy atom. The maximum Gasteiger partial charge on any atom is 0.202 e. The molecule has 10 heteroatoms. The van der Waals surface area contributed by atoms with Crippen LogP contribution in [0.15, 0.2) is 23.0 Å². The van der Waals surface area contributed by atoms with Crippen LogP contribution in [0.3, 0.4) is 0 Å². The summed E-state index contributed by atoms with van der Waals surface area (Å²) in [4.78, 5) is 40.4. The zero-order valence-electron chi connectivity index (χ0n) is 22.6. The molecule has 0 spiro atoms. The number of rotatable bonds is 6. The first kappa shape index (κ1) is 27.4. The number of phenols is 1. The summed E-state index contributed by atoms with van der Waals surface area (Å²) in [7, 11) is 3.73. The number of allylic oxidation sites excluding steroid dienone is 1. The van der Waals surface area contributed by atoms with Gasteiger partial charge >= 0.3 is 0 Å². The number of aliphatic hydroxyl groups excluding tert-OH is 2. The molecule has 1 aromatic rings. The molecule has 39 heavy (non-hydrogen) atoms. The van der Waals surface area contributed by atoms with Gasteiger partial charge in [-0.25, -0.2) is 0 Å². The molecule has 0 radical (unpaired) electrons. The van der Waals surface area contributed by atoms with E-state index in [2.05, 4.69) is 10.6 Å². The van der Waals surface area contributed by atoms with Gasteiger partial charge in [0.05, 0.1) is 5.56 Å². The van der Waals surface area contributed by atoms with Crippen molar-refractivity contribution in [2.75, 3.05) is 38.6 Å². The standard InChI is InChI=1S/C29H37N3O7/c1-14(33)22-21(34)11-18-8-16-9-19-20(32(2)3)10-17(13-31-12-15-4-6-30-7-5-15)25(35)24(19)26(36)23(16)28(38)29(18,39)27(22)37/h10,15-16,18,30-31,35-37,39H,4-9,11-13H2,1-3H3/t16-,18+,29-/m1/s1. The Morgan fingerprint density at radius 3 is 2.49 bits per heavy atom. The minimum atomic E-state index is -2.49. The summed E-state index contributed by atoms with van der Waals surface area (Å²) < 4.78 is 0. The van der Waals surface area contributed by atoms with Crippen LogP contribution in [-0.4, -0.2) is 77.1 Å². The van der Waals surface area contributed by atoms with Gasteiger partial charge in [-0.1, -0.05) is 0 Å². The Balaban J connectivity index is 1.56. The highest BCUT2D eigenvalue weighted by atomic mass is 16.3. The number of ketones is 3. The third kappa shape index (κ3) is 4.34. The molecule has 1 aliphatic heterocycles. The van der Waals surface area contributed by atoms with E-state index in [9.17, 15) is 34.8 Å². The molecule has 1 aromatic carbocycles. The van der Waals surface area contributed by atoms with Gasteiger partial charge < -0.3 is 36.0 Å². The lowest BCUT2D eigenvalue weighted by Gasteiger charge is -2.46. The fourth-order valence-electron chi connectivity index (χ4n) is 6.86. The number of piperidine rings is 1. The highest BCUT2D eigenvalue weighted by Crippen LogP contribution is 2.53. The minimum Gasteiger partial charge on any atom is -0.508 e. The van der Waals surface area contributed by atoms with E-state index in [0.717, 1.165) is 45.1 Å². The van der Waals surface area contributed by atoms with Gasteiger partial charge in [0.1, 0.15) is 22.8 Å². The van der Waals surface area contributed by atoms with Gasteiger partial charge in [-0.3, -0.25) is 14.4 Å². The Bertz CT molecular complexity index is 1310. The number of carbonyl (C=O) groups excluding carboxylic acids is 3. The van der Waals surface area contributed by atoms with Crippen LogP contribution in [0, 0.1) is 17.8 Å². The van der Waals surface area contributed by atoms with E-state index in [0.29, 0.717) is 30.0 Å². The summed E-state index contributed by atoms with van der Waals surface area (Å²) in [6.45, 7) is 4.22. The molecule has 10 nitrogen and oxygen atoms in total. The topological polar surface area (TPSA) is 159 Å². The molecule has 1 saturated heterocycles. The number of Topliss-reactive ketones (excluding diaryl/α,β-unsaturated/α-hetero) is 3. The first-order valence-electron chi connectivity index (χ1n) is 13.6. The van der Waals surface area contributed by atoms with Gasteiger partial charge in [0.15, 0.2) is 17.2 Å². The van der Waals surface area contributed by atoms with E-state index in [-0.39, 0.29) is 29.7 Å². The Labute approximate surface area is 227 Å². The number of phenolic OH excluding ortho intramolecular Hbond substituents is 1. The number of aromatic hydroxyl groups is 1. The van der Waals surface area contributed by atoms with Crippen molar-refractivity contribution in [2.24, 2.45) is 17.8 Å². The molecule has 5 rings (SSSR count). The van der Waals surface area contributed by atoms with Gasteiger partial charge in [-0.05, 0) is 75.7 Å². The Hall–Kier alpha value is -3.21. The van der Waals surface area contributed by atoms with Crippen LogP contribution < -0.4 is 15.5 Å². The first-order chi connectivity index (χ1) is 18.5. The number of anilines is 1. The van der Waals surface area contributed by atoms with Crippen LogP contribution in [0.4, 0.5) is 5.69 Å². The maximum absolute atomic E-state index is 13.8. The molecule has 0 amide bonds. The summed E-state index contributed by atoms with van der Waals surface area (Å²) >= 11 is 0. The van der Waals surface area contributed by atoms with Crippen molar-refractivity contribution in [3.05, 3.63) is 39.7 Å². The number of hydrogen-bond donors (Lipinski definition) is 6. The smallest absolute Gasteiger partial charge is 0.202 e. The predicted octanol–water partition coefficient (Wildman–Crippen LogP) is 1.68. The summed E-state index contributed by atoms with van der Waals surface area (Å²) in [5, 5.41) is 51.9. The number of hydrogen-bond acceptors (Lipinski definition) is 10. The minimum absolute atomic E-state index is 0.0927. The van der Waals surface area contributed by atoms with Crippen molar-refractivity contribution in [1.82, 2.24) is 10.6 Å². The Kier molecular flexibility index (Phi) is 7.07. The van der Waals surface area contributed by atoms with Gasteiger partial charge in [0.2, 0.25) is 5.78 Å². The molecular weight excluding hydrogens is 502 g/mol. The zero-order chi connectivity index (χ0) is 28.2. The van der Waals surface area contributed by atoms with Crippen molar-refractivity contribution in [2.45, 2.75) is 51.2 Å². The van der Waals surface area contributed by atoms with Crippen LogP contribution in [0.25, 0.3) is 5.76 Å². The molecule has 210 valence electrons. The van der Waals surface area contributed by atoms with Crippen LogP contribution in [0.1, 0.15) is 49.3 Å². The second kappa shape index (κ2) is 10.1. The van der Waals surface area contributed by atoms with Crippen molar-refractivity contribution in [3.8, 4) is 5.75 Å². The van der Waals surface area contributed by atoms with E-state index < -0.39 is 51.9 Å². The maximum atomic E-state index is 13.8. The number of carbonyl (C=O) groups is 3. The molecule has 1 saturated carbocycles. The summed E-state index contributed by atoms with van der Waals surface area (Å²) in [5.41, 5.74) is -0.968.